The van der Waals surface area contributed by atoms with Crippen LogP contribution >= 0.6 is 0 Å². The normalized spacial score (nSPS) is 10.6. The molecule has 1 amide bonds. The summed E-state index contributed by atoms with van der Waals surface area (Å²) in [5.41, 5.74) is 2.78. The van der Waals surface area contributed by atoms with Gasteiger partial charge >= 0.3 is 0 Å². The average Bonchev–Trinajstić information content (AvgIpc) is 2.53. The van der Waals surface area contributed by atoms with Crippen LogP contribution in [0.5, 0.6) is 0 Å². The maximum Gasteiger partial charge on any atom is 0.270 e. The molecule has 0 unspecified atom stereocenters. The van der Waals surface area contributed by atoms with Crippen molar-refractivity contribution >= 4 is 11.7 Å². The number of anilines is 1. The third-order valence-electron chi connectivity index (χ3n) is 3.46. The van der Waals surface area contributed by atoms with Crippen molar-refractivity contribution in [3.63, 3.8) is 0 Å². The number of hydrogen-bond acceptors (Lipinski definition) is 4. The molecule has 0 fully saturated rings. The minimum Gasteiger partial charge on any atom is -0.366 e. The van der Waals surface area contributed by atoms with Gasteiger partial charge in [0.1, 0.15) is 17.8 Å². The van der Waals surface area contributed by atoms with Crippen LogP contribution in [0, 0.1) is 12.8 Å². The summed E-state index contributed by atoms with van der Waals surface area (Å²) in [6.45, 7) is 7.64. The summed E-state index contributed by atoms with van der Waals surface area (Å²) < 4.78 is 0. The fourth-order valence-corrected chi connectivity index (χ4v) is 2.16. The van der Waals surface area contributed by atoms with Crippen molar-refractivity contribution in [3.05, 3.63) is 53.5 Å². The Hall–Kier alpha value is -2.43. The first-order valence-electron chi connectivity index (χ1n) is 7.94. The number of hydrogen-bond donors (Lipinski definition) is 2. The SMILES string of the molecule is Cc1cccc(CNc2cc(C(=O)NCCC(C)C)ncn2)c1. The van der Waals surface area contributed by atoms with Crippen LogP contribution < -0.4 is 10.6 Å². The number of benzene rings is 1. The highest BCUT2D eigenvalue weighted by atomic mass is 16.1. The smallest absolute Gasteiger partial charge is 0.270 e. The Morgan fingerprint density at radius 1 is 1.22 bits per heavy atom. The number of nitrogens with one attached hydrogen (secondary N) is 2. The van der Waals surface area contributed by atoms with Gasteiger partial charge in [0, 0.05) is 19.2 Å². The Bertz CT molecular complexity index is 655. The lowest BCUT2D eigenvalue weighted by Gasteiger charge is -2.09. The van der Waals surface area contributed by atoms with Crippen LogP contribution in [-0.2, 0) is 6.54 Å². The van der Waals surface area contributed by atoms with E-state index >= 15 is 0 Å². The molecule has 0 saturated carbocycles. The van der Waals surface area contributed by atoms with E-state index in [1.54, 1.807) is 6.07 Å². The fraction of sp³-hybridized carbons (Fsp3) is 0.389. The molecule has 0 aliphatic carbocycles. The molecule has 122 valence electrons. The van der Waals surface area contributed by atoms with E-state index in [1.807, 2.05) is 6.07 Å². The lowest BCUT2D eigenvalue weighted by atomic mass is 10.1. The molecule has 1 heterocycles. The van der Waals surface area contributed by atoms with Gasteiger partial charge in [-0.15, -0.1) is 0 Å². The second kappa shape index (κ2) is 8.27. The largest absolute Gasteiger partial charge is 0.366 e. The van der Waals surface area contributed by atoms with Crippen LogP contribution in [0.4, 0.5) is 5.82 Å². The van der Waals surface area contributed by atoms with Gasteiger partial charge in [-0.1, -0.05) is 43.7 Å². The molecule has 2 aromatic rings. The van der Waals surface area contributed by atoms with Crippen LogP contribution in [0.3, 0.4) is 0 Å². The summed E-state index contributed by atoms with van der Waals surface area (Å²) in [6, 6.07) is 9.95. The molecule has 1 aromatic carbocycles. The van der Waals surface area contributed by atoms with Gasteiger partial charge in [-0.3, -0.25) is 4.79 Å². The van der Waals surface area contributed by atoms with Gasteiger partial charge in [0.25, 0.3) is 5.91 Å². The fourth-order valence-electron chi connectivity index (χ4n) is 2.16. The molecule has 5 heteroatoms. The van der Waals surface area contributed by atoms with Crippen LogP contribution in [0.25, 0.3) is 0 Å². The Kier molecular flexibility index (Phi) is 6.09. The number of aromatic nitrogens is 2. The van der Waals surface area contributed by atoms with Crippen molar-refractivity contribution in [1.82, 2.24) is 15.3 Å². The molecule has 0 radical (unpaired) electrons. The van der Waals surface area contributed by atoms with E-state index in [2.05, 4.69) is 59.6 Å². The second-order valence-corrected chi connectivity index (χ2v) is 6.07. The highest BCUT2D eigenvalue weighted by Gasteiger charge is 2.08. The van der Waals surface area contributed by atoms with Gasteiger partial charge in [0.05, 0.1) is 0 Å². The van der Waals surface area contributed by atoms with Gasteiger partial charge < -0.3 is 10.6 Å². The minimum absolute atomic E-state index is 0.161. The maximum atomic E-state index is 12.1. The highest BCUT2D eigenvalue weighted by molar-refractivity contribution is 5.92. The van der Waals surface area contributed by atoms with Gasteiger partial charge in [-0.05, 0) is 24.8 Å². The molecule has 5 nitrogen and oxygen atoms in total. The Balaban J connectivity index is 1.92. The van der Waals surface area contributed by atoms with Crippen molar-refractivity contribution in [2.45, 2.75) is 33.7 Å². The van der Waals surface area contributed by atoms with Crippen molar-refractivity contribution in [1.29, 1.82) is 0 Å². The Morgan fingerprint density at radius 2 is 2.04 bits per heavy atom. The highest BCUT2D eigenvalue weighted by Crippen LogP contribution is 2.09. The topological polar surface area (TPSA) is 66.9 Å². The van der Waals surface area contributed by atoms with Crippen molar-refractivity contribution < 1.29 is 4.79 Å². The van der Waals surface area contributed by atoms with Crippen LogP contribution in [-0.4, -0.2) is 22.4 Å². The predicted octanol–water partition coefficient (Wildman–Crippen LogP) is 3.17. The molecule has 0 aliphatic heterocycles. The van der Waals surface area contributed by atoms with E-state index in [0.717, 1.165) is 6.42 Å². The summed E-state index contributed by atoms with van der Waals surface area (Å²) >= 11 is 0. The number of nitrogens with zero attached hydrogens (tertiary/aromatic N) is 2. The summed E-state index contributed by atoms with van der Waals surface area (Å²) in [7, 11) is 0. The molecule has 2 rings (SSSR count). The van der Waals surface area contributed by atoms with Gasteiger partial charge in [-0.25, -0.2) is 9.97 Å². The molecule has 0 saturated heterocycles. The van der Waals surface area contributed by atoms with E-state index in [4.69, 9.17) is 0 Å². The molecule has 0 bridgehead atoms. The number of rotatable bonds is 7. The van der Waals surface area contributed by atoms with E-state index in [9.17, 15) is 4.79 Å². The third kappa shape index (κ3) is 5.70. The zero-order valence-corrected chi connectivity index (χ0v) is 14.0. The molecule has 2 N–H and O–H groups in total. The third-order valence-corrected chi connectivity index (χ3v) is 3.46. The van der Waals surface area contributed by atoms with E-state index in [1.165, 1.54) is 17.5 Å². The zero-order valence-electron chi connectivity index (χ0n) is 14.0. The van der Waals surface area contributed by atoms with E-state index in [0.29, 0.717) is 30.5 Å². The van der Waals surface area contributed by atoms with Crippen LogP contribution in [0.2, 0.25) is 0 Å². The summed E-state index contributed by atoms with van der Waals surface area (Å²) in [5, 5.41) is 6.11. The average molecular weight is 312 g/mol. The number of aryl methyl sites for hydroxylation is 1. The molecule has 0 aliphatic rings. The summed E-state index contributed by atoms with van der Waals surface area (Å²) in [5.74, 6) is 1.05. The van der Waals surface area contributed by atoms with Crippen molar-refractivity contribution in [2.75, 3.05) is 11.9 Å². The van der Waals surface area contributed by atoms with E-state index < -0.39 is 0 Å². The van der Waals surface area contributed by atoms with Gasteiger partial charge in [0.2, 0.25) is 0 Å². The van der Waals surface area contributed by atoms with E-state index in [-0.39, 0.29) is 5.91 Å². The summed E-state index contributed by atoms with van der Waals surface area (Å²) in [6.07, 6.45) is 2.37. The first kappa shape index (κ1) is 16.9. The van der Waals surface area contributed by atoms with Crippen molar-refractivity contribution in [2.24, 2.45) is 5.92 Å². The minimum atomic E-state index is -0.161. The molecule has 1 aromatic heterocycles. The van der Waals surface area contributed by atoms with Gasteiger partial charge in [0.15, 0.2) is 0 Å². The second-order valence-electron chi connectivity index (χ2n) is 6.07. The zero-order chi connectivity index (χ0) is 16.7. The molecule has 0 spiro atoms. The van der Waals surface area contributed by atoms with Gasteiger partial charge in [-0.2, -0.15) is 0 Å². The lowest BCUT2D eigenvalue weighted by molar-refractivity contribution is 0.0947. The molecular formula is C18H24N4O. The number of carbonyl (C=O) groups excluding carboxylic acids is 1. The first-order valence-corrected chi connectivity index (χ1v) is 7.94. The molecular weight excluding hydrogens is 288 g/mol. The quantitative estimate of drug-likeness (QED) is 0.824. The van der Waals surface area contributed by atoms with Crippen LogP contribution in [0.15, 0.2) is 36.7 Å². The number of carbonyl (C=O) groups is 1. The Labute approximate surface area is 137 Å². The lowest BCUT2D eigenvalue weighted by Crippen LogP contribution is -2.26. The monoisotopic (exact) mass is 312 g/mol. The summed E-state index contributed by atoms with van der Waals surface area (Å²) in [4.78, 5) is 20.3. The standard InChI is InChI=1S/C18H24N4O/c1-13(2)7-8-19-18(23)16-10-17(22-12-21-16)20-11-15-6-4-5-14(3)9-15/h4-6,9-10,12-13H,7-8,11H2,1-3H3,(H,19,23)(H,20,21,22). The van der Waals surface area contributed by atoms with Crippen LogP contribution in [0.1, 0.15) is 41.9 Å². The first-order chi connectivity index (χ1) is 11.0. The molecule has 0 atom stereocenters. The van der Waals surface area contributed by atoms with Crippen molar-refractivity contribution in [3.8, 4) is 0 Å². The predicted molar refractivity (Wildman–Crippen MR) is 92.3 cm³/mol. The molecule has 23 heavy (non-hydrogen) atoms. The Morgan fingerprint density at radius 3 is 2.78 bits per heavy atom. The number of amides is 1. The maximum absolute atomic E-state index is 12.1.